The number of carbonyl (C=O) groups excluding carboxylic acids is 1. The van der Waals surface area contributed by atoms with E-state index in [1.54, 1.807) is 0 Å². The minimum Gasteiger partial charge on any atom is -0.398 e. The minimum atomic E-state index is 0.567. The Morgan fingerprint density at radius 3 is 2.44 bits per heavy atom. The van der Waals surface area contributed by atoms with Crippen molar-refractivity contribution in [1.29, 1.82) is 0 Å². The lowest BCUT2D eigenvalue weighted by Gasteiger charge is -2.21. The molecular formula is C16H15NO. The zero-order valence-corrected chi connectivity index (χ0v) is 10.1. The number of nitrogens with two attached hydrogens (primary N) is 1. The van der Waals surface area contributed by atoms with Crippen molar-refractivity contribution in [2.24, 2.45) is 0 Å². The maximum atomic E-state index is 11.4. The lowest BCUT2D eigenvalue weighted by Crippen LogP contribution is -2.07. The Kier molecular flexibility index (Phi) is 1.88. The standard InChI is InChI=1S/C16H15NO/c17-16-12-4-2-1-3-11(12)14-9-5-6-10(7-9)15(14)13(16)8-18/h1-4,8-10H,5-7,17H2. The number of hydrogen-bond acceptors (Lipinski definition) is 2. The van der Waals surface area contributed by atoms with Crippen molar-refractivity contribution < 1.29 is 4.79 Å². The third kappa shape index (κ3) is 1.06. The molecule has 1 fully saturated rings. The second-order valence-corrected chi connectivity index (χ2v) is 5.53. The molecule has 0 heterocycles. The number of aldehydes is 1. The molecule has 2 aliphatic rings. The molecule has 0 radical (unpaired) electrons. The van der Waals surface area contributed by atoms with Gasteiger partial charge in [0.05, 0.1) is 5.69 Å². The molecule has 90 valence electrons. The first-order valence-electron chi connectivity index (χ1n) is 6.60. The molecule has 2 nitrogen and oxygen atoms in total. The van der Waals surface area contributed by atoms with E-state index in [0.717, 1.165) is 17.2 Å². The molecule has 1 saturated carbocycles. The summed E-state index contributed by atoms with van der Waals surface area (Å²) in [4.78, 5) is 11.4. The lowest BCUT2D eigenvalue weighted by molar-refractivity contribution is 0.112. The molecule has 0 spiro atoms. The molecule has 0 saturated heterocycles. The molecule has 2 bridgehead atoms. The van der Waals surface area contributed by atoms with Gasteiger partial charge in [0, 0.05) is 10.9 Å². The fraction of sp³-hybridized carbons (Fsp3) is 0.312. The van der Waals surface area contributed by atoms with Crippen LogP contribution in [0.1, 0.15) is 52.6 Å². The van der Waals surface area contributed by atoms with Gasteiger partial charge in [0.1, 0.15) is 0 Å². The van der Waals surface area contributed by atoms with E-state index >= 15 is 0 Å². The second kappa shape index (κ2) is 3.35. The van der Waals surface area contributed by atoms with Gasteiger partial charge in [-0.15, -0.1) is 0 Å². The molecule has 0 amide bonds. The third-order valence-electron chi connectivity index (χ3n) is 4.74. The van der Waals surface area contributed by atoms with E-state index in [0.29, 0.717) is 17.5 Å². The van der Waals surface area contributed by atoms with Gasteiger partial charge in [-0.25, -0.2) is 0 Å². The number of benzene rings is 2. The van der Waals surface area contributed by atoms with E-state index in [1.807, 2.05) is 12.1 Å². The quantitative estimate of drug-likeness (QED) is 0.608. The van der Waals surface area contributed by atoms with Crippen LogP contribution >= 0.6 is 0 Å². The first-order valence-corrected chi connectivity index (χ1v) is 6.60. The minimum absolute atomic E-state index is 0.567. The monoisotopic (exact) mass is 237 g/mol. The van der Waals surface area contributed by atoms with E-state index < -0.39 is 0 Å². The molecule has 2 aliphatic carbocycles. The van der Waals surface area contributed by atoms with Gasteiger partial charge in [-0.1, -0.05) is 24.3 Å². The molecule has 18 heavy (non-hydrogen) atoms. The van der Waals surface area contributed by atoms with Crippen LogP contribution in [-0.2, 0) is 0 Å². The Hall–Kier alpha value is -1.83. The fourth-order valence-electron chi connectivity index (χ4n) is 4.05. The van der Waals surface area contributed by atoms with Crippen molar-refractivity contribution in [3.05, 3.63) is 41.0 Å². The predicted octanol–water partition coefficient (Wildman–Crippen LogP) is 3.60. The fourth-order valence-corrected chi connectivity index (χ4v) is 4.05. The highest BCUT2D eigenvalue weighted by Crippen LogP contribution is 2.57. The summed E-state index contributed by atoms with van der Waals surface area (Å²) in [5, 5.41) is 2.31. The summed E-state index contributed by atoms with van der Waals surface area (Å²) >= 11 is 0. The maximum Gasteiger partial charge on any atom is 0.152 e. The Labute approximate surface area is 106 Å². The largest absolute Gasteiger partial charge is 0.398 e. The van der Waals surface area contributed by atoms with E-state index in [-0.39, 0.29) is 0 Å². The maximum absolute atomic E-state index is 11.4. The summed E-state index contributed by atoms with van der Waals surface area (Å²) in [6, 6.07) is 8.24. The van der Waals surface area contributed by atoms with E-state index in [2.05, 4.69) is 12.1 Å². The van der Waals surface area contributed by atoms with Crippen molar-refractivity contribution >= 4 is 22.7 Å². The van der Waals surface area contributed by atoms with E-state index in [9.17, 15) is 4.79 Å². The summed E-state index contributed by atoms with van der Waals surface area (Å²) in [5.74, 6) is 1.21. The summed E-state index contributed by atoms with van der Waals surface area (Å²) in [6.45, 7) is 0. The average molecular weight is 237 g/mol. The van der Waals surface area contributed by atoms with Crippen molar-refractivity contribution in [1.82, 2.24) is 0 Å². The van der Waals surface area contributed by atoms with Crippen LogP contribution in [0.5, 0.6) is 0 Å². The van der Waals surface area contributed by atoms with Crippen LogP contribution in [0.25, 0.3) is 10.8 Å². The number of fused-ring (bicyclic) bond motifs is 7. The highest BCUT2D eigenvalue weighted by Gasteiger charge is 2.40. The number of carbonyl (C=O) groups is 1. The summed E-state index contributed by atoms with van der Waals surface area (Å²) in [7, 11) is 0. The number of anilines is 1. The highest BCUT2D eigenvalue weighted by molar-refractivity contribution is 6.05. The molecule has 2 aromatic carbocycles. The molecule has 2 unspecified atom stereocenters. The summed E-state index contributed by atoms with van der Waals surface area (Å²) in [6.07, 6.45) is 4.66. The Balaban J connectivity index is 2.21. The van der Waals surface area contributed by atoms with Gasteiger partial charge >= 0.3 is 0 Å². The highest BCUT2D eigenvalue weighted by atomic mass is 16.1. The summed E-state index contributed by atoms with van der Waals surface area (Å²) < 4.78 is 0. The van der Waals surface area contributed by atoms with Crippen molar-refractivity contribution in [3.63, 3.8) is 0 Å². The second-order valence-electron chi connectivity index (χ2n) is 5.53. The Morgan fingerprint density at radius 2 is 1.72 bits per heavy atom. The Bertz CT molecular complexity index is 674. The SMILES string of the molecule is Nc1c(C=O)c2c(c3ccccc13)C1CCC2C1. The topological polar surface area (TPSA) is 43.1 Å². The van der Waals surface area contributed by atoms with Crippen LogP contribution in [0.15, 0.2) is 24.3 Å². The van der Waals surface area contributed by atoms with Crippen molar-refractivity contribution in [2.75, 3.05) is 5.73 Å². The van der Waals surface area contributed by atoms with Crippen molar-refractivity contribution in [2.45, 2.75) is 31.1 Å². The normalized spacial score (nSPS) is 24.4. The smallest absolute Gasteiger partial charge is 0.152 e. The van der Waals surface area contributed by atoms with Crippen LogP contribution in [0.2, 0.25) is 0 Å². The third-order valence-corrected chi connectivity index (χ3v) is 4.74. The van der Waals surface area contributed by atoms with Gasteiger partial charge in [0.15, 0.2) is 6.29 Å². The van der Waals surface area contributed by atoms with Crippen LogP contribution in [-0.4, -0.2) is 6.29 Å². The molecular weight excluding hydrogens is 222 g/mol. The van der Waals surface area contributed by atoms with Gasteiger partial charge in [-0.05, 0) is 47.6 Å². The molecule has 0 aromatic heterocycles. The first-order chi connectivity index (χ1) is 8.81. The molecule has 0 aliphatic heterocycles. The molecule has 2 N–H and O–H groups in total. The van der Waals surface area contributed by atoms with Gasteiger partial charge < -0.3 is 5.73 Å². The molecule has 2 heteroatoms. The van der Waals surface area contributed by atoms with Gasteiger partial charge in [-0.2, -0.15) is 0 Å². The van der Waals surface area contributed by atoms with Crippen molar-refractivity contribution in [3.8, 4) is 0 Å². The summed E-state index contributed by atoms with van der Waals surface area (Å²) in [5.41, 5.74) is 10.3. The number of rotatable bonds is 1. The molecule has 2 aromatic rings. The van der Waals surface area contributed by atoms with Crippen LogP contribution in [0.4, 0.5) is 5.69 Å². The average Bonchev–Trinajstić information content (AvgIpc) is 3.01. The lowest BCUT2D eigenvalue weighted by atomic mass is 9.84. The van der Waals surface area contributed by atoms with Gasteiger partial charge in [0.2, 0.25) is 0 Å². The van der Waals surface area contributed by atoms with Crippen LogP contribution < -0.4 is 5.73 Å². The first kappa shape index (κ1) is 10.1. The van der Waals surface area contributed by atoms with E-state index in [4.69, 9.17) is 5.73 Å². The van der Waals surface area contributed by atoms with Crippen LogP contribution in [0.3, 0.4) is 0 Å². The zero-order chi connectivity index (χ0) is 12.3. The van der Waals surface area contributed by atoms with E-state index in [1.165, 1.54) is 35.8 Å². The Morgan fingerprint density at radius 1 is 1.06 bits per heavy atom. The number of hydrogen-bond donors (Lipinski definition) is 1. The van der Waals surface area contributed by atoms with Gasteiger partial charge in [0.25, 0.3) is 0 Å². The van der Waals surface area contributed by atoms with Crippen LogP contribution in [0, 0.1) is 0 Å². The zero-order valence-electron chi connectivity index (χ0n) is 10.1. The predicted molar refractivity (Wildman–Crippen MR) is 73.1 cm³/mol. The molecule has 4 rings (SSSR count). The number of nitrogen functional groups attached to an aromatic ring is 1. The molecule has 2 atom stereocenters. The van der Waals surface area contributed by atoms with Gasteiger partial charge in [-0.3, -0.25) is 4.79 Å².